The summed E-state index contributed by atoms with van der Waals surface area (Å²) < 4.78 is 16.5. The number of thiazole rings is 1. The van der Waals surface area contributed by atoms with Gasteiger partial charge in [0.1, 0.15) is 11.5 Å². The second-order valence-electron chi connectivity index (χ2n) is 8.10. The first-order valence-corrected chi connectivity index (χ1v) is 11.8. The topological polar surface area (TPSA) is 94.2 Å². The van der Waals surface area contributed by atoms with E-state index in [2.05, 4.69) is 20.4 Å². The Morgan fingerprint density at radius 1 is 1.17 bits per heavy atom. The minimum Gasteiger partial charge on any atom is -0.352 e. The number of hydrogen-bond acceptors (Lipinski definition) is 6. The Morgan fingerprint density at radius 3 is 2.71 bits per heavy atom. The Bertz CT molecular complexity index is 1590. The van der Waals surface area contributed by atoms with Gasteiger partial charge < -0.3 is 5.32 Å². The Balaban J connectivity index is 1.47. The van der Waals surface area contributed by atoms with E-state index in [0.717, 1.165) is 11.3 Å². The van der Waals surface area contributed by atoms with Gasteiger partial charge in [-0.25, -0.2) is 14.1 Å². The van der Waals surface area contributed by atoms with Gasteiger partial charge in [0.25, 0.3) is 5.56 Å². The van der Waals surface area contributed by atoms with Gasteiger partial charge in [0.05, 0.1) is 23.4 Å². The zero-order chi connectivity index (χ0) is 24.5. The first-order valence-electron chi connectivity index (χ1n) is 10.9. The van der Waals surface area contributed by atoms with E-state index in [1.807, 2.05) is 19.1 Å². The predicted molar refractivity (Wildman–Crippen MR) is 131 cm³/mol. The summed E-state index contributed by atoms with van der Waals surface area (Å²) in [6.45, 7) is 3.98. The molecular weight excluding hydrogens is 467 g/mol. The van der Waals surface area contributed by atoms with E-state index in [9.17, 15) is 14.0 Å². The highest BCUT2D eigenvalue weighted by atomic mass is 32.1. The van der Waals surface area contributed by atoms with Gasteiger partial charge in [-0.3, -0.25) is 19.0 Å². The third-order valence-corrected chi connectivity index (χ3v) is 6.46. The highest BCUT2D eigenvalue weighted by Gasteiger charge is 2.20. The molecule has 0 radical (unpaired) electrons. The van der Waals surface area contributed by atoms with Crippen LogP contribution in [0.1, 0.15) is 22.6 Å². The third kappa shape index (κ3) is 4.47. The highest BCUT2D eigenvalue weighted by molar-refractivity contribution is 7.15. The van der Waals surface area contributed by atoms with Crippen molar-refractivity contribution in [1.82, 2.24) is 29.5 Å². The Morgan fingerprint density at radius 2 is 1.97 bits per heavy atom. The average molecular weight is 489 g/mol. The van der Waals surface area contributed by atoms with Gasteiger partial charge in [-0.05, 0) is 55.8 Å². The second-order valence-corrected chi connectivity index (χ2v) is 8.93. The van der Waals surface area contributed by atoms with Crippen molar-refractivity contribution >= 4 is 22.2 Å². The molecule has 0 bridgehead atoms. The molecule has 5 rings (SSSR count). The molecular formula is C25H21FN6O2S. The van der Waals surface area contributed by atoms with Crippen LogP contribution >= 0.6 is 11.3 Å². The molecule has 0 saturated heterocycles. The number of rotatable bonds is 6. The van der Waals surface area contributed by atoms with Crippen molar-refractivity contribution in [3.8, 4) is 16.9 Å². The van der Waals surface area contributed by atoms with Crippen molar-refractivity contribution in [1.29, 1.82) is 0 Å². The van der Waals surface area contributed by atoms with Crippen LogP contribution < -0.4 is 10.9 Å². The van der Waals surface area contributed by atoms with Crippen molar-refractivity contribution in [2.24, 2.45) is 0 Å². The van der Waals surface area contributed by atoms with Crippen LogP contribution in [0.4, 0.5) is 4.39 Å². The standard InChI is InChI=1S/C25H21FN6O2S/c1-15-10-21(30-32(15)19-7-5-18(26)6-8-19)23-16(2)29-25-31(24(23)34)20(14-35-25)11-22(33)28-13-17-4-3-9-27-12-17/h3-10,12,14H,11,13H2,1-2H3,(H,28,33). The maximum atomic E-state index is 13.6. The number of carbonyl (C=O) groups excluding carboxylic acids is 1. The molecule has 5 aromatic rings. The molecule has 8 nitrogen and oxygen atoms in total. The number of fused-ring (bicyclic) bond motifs is 1. The Kier molecular flexibility index (Phi) is 5.96. The van der Waals surface area contributed by atoms with Crippen molar-refractivity contribution in [2.75, 3.05) is 0 Å². The van der Waals surface area contributed by atoms with E-state index in [1.54, 1.807) is 47.6 Å². The fraction of sp³-hybridized carbons (Fsp3) is 0.160. The van der Waals surface area contributed by atoms with Crippen molar-refractivity contribution in [3.05, 3.63) is 99.1 Å². The van der Waals surface area contributed by atoms with Crippen molar-refractivity contribution in [2.45, 2.75) is 26.8 Å². The van der Waals surface area contributed by atoms with Gasteiger partial charge in [0.15, 0.2) is 4.96 Å². The molecule has 0 atom stereocenters. The smallest absolute Gasteiger partial charge is 0.268 e. The largest absolute Gasteiger partial charge is 0.352 e. The summed E-state index contributed by atoms with van der Waals surface area (Å²) in [5, 5.41) is 9.24. The molecule has 35 heavy (non-hydrogen) atoms. The number of benzene rings is 1. The molecule has 0 aliphatic rings. The van der Waals surface area contributed by atoms with Crippen LogP contribution in [0.5, 0.6) is 0 Å². The van der Waals surface area contributed by atoms with Gasteiger partial charge in [0, 0.05) is 35.7 Å². The monoisotopic (exact) mass is 488 g/mol. The predicted octanol–water partition coefficient (Wildman–Crippen LogP) is 3.62. The lowest BCUT2D eigenvalue weighted by molar-refractivity contribution is -0.120. The quantitative estimate of drug-likeness (QED) is 0.394. The zero-order valence-electron chi connectivity index (χ0n) is 19.0. The van der Waals surface area contributed by atoms with Crippen LogP contribution in [-0.4, -0.2) is 30.1 Å². The van der Waals surface area contributed by atoms with E-state index < -0.39 is 0 Å². The number of aryl methyl sites for hydroxylation is 2. The normalized spacial score (nSPS) is 11.2. The summed E-state index contributed by atoms with van der Waals surface area (Å²) in [4.78, 5) is 35.3. The summed E-state index contributed by atoms with van der Waals surface area (Å²) in [6, 6.07) is 11.5. The van der Waals surface area contributed by atoms with Crippen LogP contribution in [0.15, 0.2) is 65.0 Å². The summed E-state index contributed by atoms with van der Waals surface area (Å²) in [6.07, 6.45) is 3.40. The second kappa shape index (κ2) is 9.22. The first kappa shape index (κ1) is 22.6. The van der Waals surface area contributed by atoms with Gasteiger partial charge in [-0.15, -0.1) is 11.3 Å². The third-order valence-electron chi connectivity index (χ3n) is 5.59. The van der Waals surface area contributed by atoms with Crippen molar-refractivity contribution < 1.29 is 9.18 Å². The molecule has 4 aromatic heterocycles. The number of aromatic nitrogens is 5. The zero-order valence-corrected chi connectivity index (χ0v) is 19.8. The maximum Gasteiger partial charge on any atom is 0.268 e. The summed E-state index contributed by atoms with van der Waals surface area (Å²) in [5.41, 5.74) is 4.01. The minimum absolute atomic E-state index is 0.0351. The van der Waals surface area contributed by atoms with E-state index >= 15 is 0 Å². The van der Waals surface area contributed by atoms with Crippen LogP contribution in [0, 0.1) is 19.7 Å². The van der Waals surface area contributed by atoms with Gasteiger partial charge in [0.2, 0.25) is 5.91 Å². The molecule has 0 aliphatic carbocycles. The molecule has 0 unspecified atom stereocenters. The molecule has 1 amide bonds. The van der Waals surface area contributed by atoms with Gasteiger partial charge >= 0.3 is 0 Å². The van der Waals surface area contributed by atoms with Crippen molar-refractivity contribution in [3.63, 3.8) is 0 Å². The Hall–Kier alpha value is -4.18. The van der Waals surface area contributed by atoms with E-state index in [-0.39, 0.29) is 23.7 Å². The number of hydrogen-bond donors (Lipinski definition) is 1. The summed E-state index contributed by atoms with van der Waals surface area (Å²) in [7, 11) is 0. The summed E-state index contributed by atoms with van der Waals surface area (Å²) in [5.74, 6) is -0.545. The lowest BCUT2D eigenvalue weighted by Gasteiger charge is -2.07. The van der Waals surface area contributed by atoms with Crippen LogP contribution in [0.3, 0.4) is 0 Å². The molecule has 1 aromatic carbocycles. The fourth-order valence-electron chi connectivity index (χ4n) is 3.89. The lowest BCUT2D eigenvalue weighted by atomic mass is 10.1. The molecule has 0 fully saturated rings. The number of nitrogens with zero attached hydrogens (tertiary/aromatic N) is 5. The fourth-order valence-corrected chi connectivity index (χ4v) is 4.82. The highest BCUT2D eigenvalue weighted by Crippen LogP contribution is 2.23. The van der Waals surface area contributed by atoms with Gasteiger partial charge in [-0.2, -0.15) is 5.10 Å². The molecule has 10 heteroatoms. The lowest BCUT2D eigenvalue weighted by Crippen LogP contribution is -2.27. The van der Waals surface area contributed by atoms with Gasteiger partial charge in [-0.1, -0.05) is 6.07 Å². The number of nitrogens with one attached hydrogen (secondary N) is 1. The minimum atomic E-state index is -0.336. The van der Waals surface area contributed by atoms with Crippen LogP contribution in [0.25, 0.3) is 21.9 Å². The molecule has 4 heterocycles. The SMILES string of the molecule is Cc1nc2scc(CC(=O)NCc3cccnc3)n2c(=O)c1-c1cc(C)n(-c2ccc(F)cc2)n1. The van der Waals surface area contributed by atoms with E-state index in [4.69, 9.17) is 0 Å². The molecule has 0 spiro atoms. The Labute approximate surface area is 203 Å². The van der Waals surface area contributed by atoms with Crippen LogP contribution in [-0.2, 0) is 17.8 Å². The molecule has 1 N–H and O–H groups in total. The molecule has 0 aliphatic heterocycles. The number of pyridine rings is 1. The molecule has 176 valence electrons. The van der Waals surface area contributed by atoms with E-state index in [0.29, 0.717) is 39.8 Å². The summed E-state index contributed by atoms with van der Waals surface area (Å²) >= 11 is 1.31. The average Bonchev–Trinajstić information content (AvgIpc) is 3.42. The molecule has 0 saturated carbocycles. The van der Waals surface area contributed by atoms with E-state index in [1.165, 1.54) is 27.9 Å². The number of carbonyl (C=O) groups is 1. The number of halogens is 1. The number of amides is 1. The van der Waals surface area contributed by atoms with Crippen LogP contribution in [0.2, 0.25) is 0 Å². The first-order chi connectivity index (χ1) is 16.9. The maximum absolute atomic E-state index is 13.6.